The predicted octanol–water partition coefficient (Wildman–Crippen LogP) is 3.28. The molecule has 0 heterocycles. The fraction of sp³-hybridized carbons (Fsp3) is 1.00. The minimum Gasteiger partial charge on any atom is -0.314 e. The Morgan fingerprint density at radius 2 is 1.89 bits per heavy atom. The lowest BCUT2D eigenvalue weighted by molar-refractivity contribution is 0.217. The molecule has 0 radical (unpaired) electrons. The van der Waals surface area contributed by atoms with E-state index in [1.807, 2.05) is 0 Å². The average molecular weight is 264 g/mol. The van der Waals surface area contributed by atoms with Crippen LogP contribution in [-0.2, 0) is 0 Å². The van der Waals surface area contributed by atoms with Crippen molar-refractivity contribution < 1.29 is 0 Å². The van der Waals surface area contributed by atoms with Crippen LogP contribution >= 0.6 is 0 Å². The second kappa shape index (κ2) is 6.58. The van der Waals surface area contributed by atoms with Crippen LogP contribution in [0.2, 0.25) is 0 Å². The van der Waals surface area contributed by atoms with Crippen LogP contribution in [0, 0.1) is 17.8 Å². The molecule has 2 nitrogen and oxygen atoms in total. The molecule has 3 saturated carbocycles. The van der Waals surface area contributed by atoms with Crippen LogP contribution in [0.5, 0.6) is 0 Å². The second-order valence-electron chi connectivity index (χ2n) is 7.49. The minimum atomic E-state index is 0.843. The van der Waals surface area contributed by atoms with E-state index >= 15 is 0 Å². The number of rotatable bonds is 7. The summed E-state index contributed by atoms with van der Waals surface area (Å²) in [5, 5.41) is 3.73. The van der Waals surface area contributed by atoms with Gasteiger partial charge in [-0.15, -0.1) is 0 Å². The van der Waals surface area contributed by atoms with Gasteiger partial charge in [-0.3, -0.25) is 0 Å². The molecule has 0 spiro atoms. The van der Waals surface area contributed by atoms with Crippen LogP contribution in [-0.4, -0.2) is 37.6 Å². The summed E-state index contributed by atoms with van der Waals surface area (Å²) in [5.41, 5.74) is 0. The molecule has 0 aromatic rings. The van der Waals surface area contributed by atoms with E-state index in [9.17, 15) is 0 Å². The predicted molar refractivity (Wildman–Crippen MR) is 81.3 cm³/mol. The van der Waals surface area contributed by atoms with Gasteiger partial charge in [0.15, 0.2) is 0 Å². The summed E-state index contributed by atoms with van der Waals surface area (Å²) >= 11 is 0. The first-order valence-electron chi connectivity index (χ1n) is 8.73. The number of hydrogen-bond acceptors (Lipinski definition) is 2. The largest absolute Gasteiger partial charge is 0.314 e. The third kappa shape index (κ3) is 3.72. The standard InChI is InChI=1S/C17H32N2/c1-19(10-4-9-18-17-5-2-3-6-17)13-16-12-14-7-8-15(16)11-14/h14-18H,2-13H2,1H3. The highest BCUT2D eigenvalue weighted by atomic mass is 15.1. The molecule has 1 N–H and O–H groups in total. The molecule has 3 aliphatic rings. The van der Waals surface area contributed by atoms with Gasteiger partial charge in [-0.05, 0) is 76.4 Å². The van der Waals surface area contributed by atoms with Gasteiger partial charge in [0.05, 0.1) is 0 Å². The highest BCUT2D eigenvalue weighted by molar-refractivity contribution is 4.90. The van der Waals surface area contributed by atoms with Gasteiger partial charge in [0.1, 0.15) is 0 Å². The minimum absolute atomic E-state index is 0.843. The lowest BCUT2D eigenvalue weighted by Crippen LogP contribution is -2.32. The van der Waals surface area contributed by atoms with Gasteiger partial charge in [0.2, 0.25) is 0 Å². The molecule has 3 unspecified atom stereocenters. The van der Waals surface area contributed by atoms with Crippen LogP contribution in [0.15, 0.2) is 0 Å². The van der Waals surface area contributed by atoms with Gasteiger partial charge in [-0.25, -0.2) is 0 Å². The molecule has 3 rings (SSSR count). The normalized spacial score (nSPS) is 34.7. The number of hydrogen-bond donors (Lipinski definition) is 1. The maximum absolute atomic E-state index is 3.73. The molecule has 2 heteroatoms. The van der Waals surface area contributed by atoms with Crippen LogP contribution < -0.4 is 5.32 Å². The van der Waals surface area contributed by atoms with Crippen LogP contribution in [0.3, 0.4) is 0 Å². The third-order valence-electron chi connectivity index (χ3n) is 5.94. The molecule has 19 heavy (non-hydrogen) atoms. The summed E-state index contributed by atoms with van der Waals surface area (Å²) in [5.74, 6) is 3.23. The van der Waals surface area contributed by atoms with Gasteiger partial charge in [0.25, 0.3) is 0 Å². The smallest absolute Gasteiger partial charge is 0.00670 e. The van der Waals surface area contributed by atoms with Crippen molar-refractivity contribution in [1.29, 1.82) is 0 Å². The van der Waals surface area contributed by atoms with Crippen molar-refractivity contribution >= 4 is 0 Å². The molecule has 110 valence electrons. The van der Waals surface area contributed by atoms with Crippen molar-refractivity contribution in [2.24, 2.45) is 17.8 Å². The summed E-state index contributed by atoms with van der Waals surface area (Å²) in [6.45, 7) is 3.88. The summed E-state index contributed by atoms with van der Waals surface area (Å²) < 4.78 is 0. The zero-order valence-electron chi connectivity index (χ0n) is 12.7. The summed E-state index contributed by atoms with van der Waals surface area (Å²) in [4.78, 5) is 2.60. The van der Waals surface area contributed by atoms with Crippen molar-refractivity contribution in [3.8, 4) is 0 Å². The van der Waals surface area contributed by atoms with Crippen molar-refractivity contribution in [3.05, 3.63) is 0 Å². The Hall–Kier alpha value is -0.0800. The Balaban J connectivity index is 1.26. The van der Waals surface area contributed by atoms with Gasteiger partial charge in [-0.1, -0.05) is 19.3 Å². The first-order valence-corrected chi connectivity index (χ1v) is 8.73. The van der Waals surface area contributed by atoms with E-state index in [0.717, 1.165) is 23.8 Å². The Morgan fingerprint density at radius 1 is 1.05 bits per heavy atom. The third-order valence-corrected chi connectivity index (χ3v) is 5.94. The maximum Gasteiger partial charge on any atom is 0.00670 e. The van der Waals surface area contributed by atoms with E-state index in [2.05, 4.69) is 17.3 Å². The van der Waals surface area contributed by atoms with Gasteiger partial charge in [-0.2, -0.15) is 0 Å². The lowest BCUT2D eigenvalue weighted by Gasteiger charge is -2.27. The summed E-state index contributed by atoms with van der Waals surface area (Å²) in [6, 6.07) is 0.843. The van der Waals surface area contributed by atoms with E-state index in [1.165, 1.54) is 71.0 Å². The van der Waals surface area contributed by atoms with Crippen molar-refractivity contribution in [1.82, 2.24) is 10.2 Å². The average Bonchev–Trinajstić information content (AvgIpc) is 3.11. The zero-order chi connectivity index (χ0) is 13.1. The Bertz CT molecular complexity index is 272. The molecule has 0 saturated heterocycles. The Labute approximate surface area is 119 Å². The second-order valence-corrected chi connectivity index (χ2v) is 7.49. The van der Waals surface area contributed by atoms with Crippen molar-refractivity contribution in [2.75, 3.05) is 26.7 Å². The molecule has 3 aliphatic carbocycles. The molecule has 0 amide bonds. The summed E-state index contributed by atoms with van der Waals surface area (Å²) in [7, 11) is 2.33. The number of fused-ring (bicyclic) bond motifs is 2. The molecular formula is C17H32N2. The van der Waals surface area contributed by atoms with Crippen LogP contribution in [0.25, 0.3) is 0 Å². The molecule has 3 fully saturated rings. The molecule has 0 aliphatic heterocycles. The van der Waals surface area contributed by atoms with E-state index in [0.29, 0.717) is 0 Å². The van der Waals surface area contributed by atoms with Gasteiger partial charge >= 0.3 is 0 Å². The molecule has 0 aromatic heterocycles. The molecule has 2 bridgehead atoms. The maximum atomic E-state index is 3.73. The van der Waals surface area contributed by atoms with E-state index in [-0.39, 0.29) is 0 Å². The summed E-state index contributed by atoms with van der Waals surface area (Å²) in [6.07, 6.45) is 13.2. The molecule has 3 atom stereocenters. The molecular weight excluding hydrogens is 232 g/mol. The van der Waals surface area contributed by atoms with E-state index < -0.39 is 0 Å². The quantitative estimate of drug-likeness (QED) is 0.710. The molecule has 0 aromatic carbocycles. The van der Waals surface area contributed by atoms with Crippen LogP contribution in [0.4, 0.5) is 0 Å². The number of nitrogens with zero attached hydrogens (tertiary/aromatic N) is 1. The first kappa shape index (κ1) is 13.9. The van der Waals surface area contributed by atoms with E-state index in [1.54, 1.807) is 6.42 Å². The fourth-order valence-electron chi connectivity index (χ4n) is 4.88. The highest BCUT2D eigenvalue weighted by Crippen LogP contribution is 2.48. The first-order chi connectivity index (χ1) is 9.31. The fourth-order valence-corrected chi connectivity index (χ4v) is 4.88. The van der Waals surface area contributed by atoms with Crippen LogP contribution in [0.1, 0.15) is 57.8 Å². The highest BCUT2D eigenvalue weighted by Gasteiger charge is 2.39. The van der Waals surface area contributed by atoms with Crippen molar-refractivity contribution in [3.63, 3.8) is 0 Å². The number of nitrogens with one attached hydrogen (secondary N) is 1. The Morgan fingerprint density at radius 3 is 2.58 bits per heavy atom. The monoisotopic (exact) mass is 264 g/mol. The van der Waals surface area contributed by atoms with Gasteiger partial charge < -0.3 is 10.2 Å². The Kier molecular flexibility index (Phi) is 4.81. The van der Waals surface area contributed by atoms with Crippen molar-refractivity contribution in [2.45, 2.75) is 63.8 Å². The topological polar surface area (TPSA) is 15.3 Å². The van der Waals surface area contributed by atoms with Gasteiger partial charge in [0, 0.05) is 12.6 Å². The SMILES string of the molecule is CN(CCCNC1CCCC1)CC1CC2CCC1C2. The van der Waals surface area contributed by atoms with E-state index in [4.69, 9.17) is 0 Å². The lowest BCUT2D eigenvalue weighted by atomic mass is 9.88. The zero-order valence-corrected chi connectivity index (χ0v) is 12.7.